The predicted molar refractivity (Wildman–Crippen MR) is 75.4 cm³/mol. The van der Waals surface area contributed by atoms with Gasteiger partial charge in [0.2, 0.25) is 6.79 Å². The first-order valence-electron chi connectivity index (χ1n) is 6.82. The monoisotopic (exact) mass is 260 g/mol. The second-order valence-electron chi connectivity index (χ2n) is 4.80. The van der Waals surface area contributed by atoms with E-state index in [9.17, 15) is 4.79 Å². The van der Waals surface area contributed by atoms with Crippen LogP contribution in [0.1, 0.15) is 45.1 Å². The standard InChI is InChI=1S/C16H20O3/c1-3-4-5-6-14(12(2)17)9-13-7-8-15-16(10-13)19-11-18-15/h7-10H,3-6,11H2,1-2H3/b14-9+. The van der Waals surface area contributed by atoms with Gasteiger partial charge in [0.25, 0.3) is 0 Å². The van der Waals surface area contributed by atoms with Gasteiger partial charge in [0.15, 0.2) is 17.3 Å². The van der Waals surface area contributed by atoms with E-state index >= 15 is 0 Å². The van der Waals surface area contributed by atoms with Crippen LogP contribution in [0.4, 0.5) is 0 Å². The van der Waals surface area contributed by atoms with Crippen LogP contribution in [0.2, 0.25) is 0 Å². The van der Waals surface area contributed by atoms with Crippen LogP contribution in [0.15, 0.2) is 23.8 Å². The van der Waals surface area contributed by atoms with Gasteiger partial charge in [-0.2, -0.15) is 0 Å². The number of benzene rings is 1. The largest absolute Gasteiger partial charge is 0.454 e. The summed E-state index contributed by atoms with van der Waals surface area (Å²) in [4.78, 5) is 11.7. The Hall–Kier alpha value is -1.77. The zero-order valence-electron chi connectivity index (χ0n) is 11.6. The van der Waals surface area contributed by atoms with Crippen molar-refractivity contribution < 1.29 is 14.3 Å². The summed E-state index contributed by atoms with van der Waals surface area (Å²) in [6, 6.07) is 5.76. The van der Waals surface area contributed by atoms with E-state index in [4.69, 9.17) is 9.47 Å². The van der Waals surface area contributed by atoms with Crippen molar-refractivity contribution in [3.8, 4) is 11.5 Å². The number of ketones is 1. The van der Waals surface area contributed by atoms with E-state index in [-0.39, 0.29) is 12.6 Å². The molecule has 0 aliphatic carbocycles. The van der Waals surface area contributed by atoms with Crippen LogP contribution in [-0.4, -0.2) is 12.6 Å². The normalized spacial score (nSPS) is 13.7. The Morgan fingerprint density at radius 1 is 1.26 bits per heavy atom. The summed E-state index contributed by atoms with van der Waals surface area (Å²) in [5.74, 6) is 1.67. The first-order chi connectivity index (χ1) is 9.20. The highest BCUT2D eigenvalue weighted by molar-refractivity contribution is 5.97. The highest BCUT2D eigenvalue weighted by Crippen LogP contribution is 2.33. The number of carbonyl (C=O) groups is 1. The molecule has 3 nitrogen and oxygen atoms in total. The minimum Gasteiger partial charge on any atom is -0.454 e. The molecular weight excluding hydrogens is 240 g/mol. The SMILES string of the molecule is CCCCC/C(=C\c1ccc2c(c1)OCO2)C(C)=O. The second kappa shape index (κ2) is 6.41. The van der Waals surface area contributed by atoms with Gasteiger partial charge in [-0.3, -0.25) is 4.79 Å². The van der Waals surface area contributed by atoms with Crippen LogP contribution in [0, 0.1) is 0 Å². The Kier molecular flexibility index (Phi) is 4.61. The molecule has 1 aromatic carbocycles. The molecule has 0 bridgehead atoms. The van der Waals surface area contributed by atoms with E-state index in [1.54, 1.807) is 6.92 Å². The minimum atomic E-state index is 0.147. The maximum atomic E-state index is 11.7. The second-order valence-corrected chi connectivity index (χ2v) is 4.80. The van der Waals surface area contributed by atoms with Crippen molar-refractivity contribution in [2.24, 2.45) is 0 Å². The lowest BCUT2D eigenvalue weighted by Gasteiger charge is -2.04. The van der Waals surface area contributed by atoms with Crippen molar-refractivity contribution in [3.63, 3.8) is 0 Å². The molecule has 0 unspecified atom stereocenters. The summed E-state index contributed by atoms with van der Waals surface area (Å²) < 4.78 is 10.6. The molecule has 19 heavy (non-hydrogen) atoms. The fraction of sp³-hybridized carbons (Fsp3) is 0.438. The maximum absolute atomic E-state index is 11.7. The summed E-state index contributed by atoms with van der Waals surface area (Å²) in [5, 5.41) is 0. The van der Waals surface area contributed by atoms with Crippen LogP contribution in [0.3, 0.4) is 0 Å². The van der Waals surface area contributed by atoms with Crippen LogP contribution in [0.5, 0.6) is 11.5 Å². The summed E-state index contributed by atoms with van der Waals surface area (Å²) in [6.07, 6.45) is 6.19. The topological polar surface area (TPSA) is 35.5 Å². The van der Waals surface area contributed by atoms with Crippen LogP contribution in [-0.2, 0) is 4.79 Å². The van der Waals surface area contributed by atoms with Gasteiger partial charge < -0.3 is 9.47 Å². The Morgan fingerprint density at radius 2 is 2.05 bits per heavy atom. The summed E-state index contributed by atoms with van der Waals surface area (Å²) in [7, 11) is 0. The van der Waals surface area contributed by atoms with Gasteiger partial charge in [-0.1, -0.05) is 25.8 Å². The quantitative estimate of drug-likeness (QED) is 0.573. The zero-order valence-corrected chi connectivity index (χ0v) is 11.6. The van der Waals surface area contributed by atoms with Gasteiger partial charge in [0.1, 0.15) is 0 Å². The molecule has 1 aliphatic heterocycles. The number of allylic oxidation sites excluding steroid dienone is 1. The van der Waals surface area contributed by atoms with Gasteiger partial charge in [0, 0.05) is 0 Å². The van der Waals surface area contributed by atoms with E-state index in [1.807, 2.05) is 24.3 Å². The van der Waals surface area contributed by atoms with Gasteiger partial charge >= 0.3 is 0 Å². The molecule has 1 heterocycles. The predicted octanol–water partition coefficient (Wildman–Crippen LogP) is 3.97. The first kappa shape index (κ1) is 13.7. The molecule has 0 saturated heterocycles. The highest BCUT2D eigenvalue weighted by atomic mass is 16.7. The Labute approximate surface area is 114 Å². The van der Waals surface area contributed by atoms with E-state index in [0.29, 0.717) is 0 Å². The lowest BCUT2D eigenvalue weighted by molar-refractivity contribution is -0.113. The van der Waals surface area contributed by atoms with Gasteiger partial charge in [-0.05, 0) is 49.1 Å². The number of unbranched alkanes of at least 4 members (excludes halogenated alkanes) is 2. The summed E-state index contributed by atoms with van der Waals surface area (Å²) in [5.41, 5.74) is 1.87. The molecule has 1 aliphatic rings. The average molecular weight is 260 g/mol. The smallest absolute Gasteiger partial charge is 0.231 e. The first-order valence-corrected chi connectivity index (χ1v) is 6.82. The lowest BCUT2D eigenvalue weighted by Crippen LogP contribution is -1.96. The van der Waals surface area contributed by atoms with Crippen molar-refractivity contribution >= 4 is 11.9 Å². The molecule has 0 N–H and O–H groups in total. The van der Waals surface area contributed by atoms with Crippen molar-refractivity contribution in [2.45, 2.75) is 39.5 Å². The molecule has 2 rings (SSSR count). The third-order valence-electron chi connectivity index (χ3n) is 3.24. The number of Topliss-reactive ketones (excluding diaryl/α,β-unsaturated/α-hetero) is 1. The molecule has 1 aromatic rings. The number of ether oxygens (including phenoxy) is 2. The Bertz CT molecular complexity index is 489. The molecule has 0 radical (unpaired) electrons. The minimum absolute atomic E-state index is 0.147. The molecule has 0 amide bonds. The third-order valence-corrected chi connectivity index (χ3v) is 3.24. The number of hydrogen-bond acceptors (Lipinski definition) is 3. The molecular formula is C16H20O3. The van der Waals surface area contributed by atoms with Crippen molar-refractivity contribution in [1.29, 1.82) is 0 Å². The zero-order chi connectivity index (χ0) is 13.7. The number of hydrogen-bond donors (Lipinski definition) is 0. The fourth-order valence-electron chi connectivity index (χ4n) is 2.12. The van der Waals surface area contributed by atoms with Crippen LogP contribution >= 0.6 is 0 Å². The Morgan fingerprint density at radius 3 is 2.79 bits per heavy atom. The maximum Gasteiger partial charge on any atom is 0.231 e. The molecule has 0 saturated carbocycles. The fourth-order valence-corrected chi connectivity index (χ4v) is 2.12. The number of carbonyl (C=O) groups excluding carboxylic acids is 1. The third kappa shape index (κ3) is 3.60. The summed E-state index contributed by atoms with van der Waals surface area (Å²) in [6.45, 7) is 4.07. The van der Waals surface area contributed by atoms with Crippen LogP contribution < -0.4 is 9.47 Å². The molecule has 0 aromatic heterocycles. The average Bonchev–Trinajstić information content (AvgIpc) is 2.85. The number of fused-ring (bicyclic) bond motifs is 1. The van der Waals surface area contributed by atoms with Crippen molar-refractivity contribution in [2.75, 3.05) is 6.79 Å². The van der Waals surface area contributed by atoms with E-state index in [1.165, 1.54) is 0 Å². The molecule has 0 fully saturated rings. The molecule has 0 atom stereocenters. The Balaban J connectivity index is 2.13. The molecule has 0 spiro atoms. The van der Waals surface area contributed by atoms with E-state index < -0.39 is 0 Å². The lowest BCUT2D eigenvalue weighted by atomic mass is 10.0. The highest BCUT2D eigenvalue weighted by Gasteiger charge is 2.13. The number of rotatable bonds is 6. The van der Waals surface area contributed by atoms with E-state index in [2.05, 4.69) is 6.92 Å². The molecule has 3 heteroatoms. The van der Waals surface area contributed by atoms with Gasteiger partial charge in [-0.15, -0.1) is 0 Å². The van der Waals surface area contributed by atoms with Crippen LogP contribution in [0.25, 0.3) is 6.08 Å². The summed E-state index contributed by atoms with van der Waals surface area (Å²) >= 11 is 0. The van der Waals surface area contributed by atoms with Gasteiger partial charge in [0.05, 0.1) is 0 Å². The van der Waals surface area contributed by atoms with Crippen molar-refractivity contribution in [3.05, 3.63) is 29.3 Å². The van der Waals surface area contributed by atoms with E-state index in [0.717, 1.165) is 48.3 Å². The molecule has 102 valence electrons. The van der Waals surface area contributed by atoms with Crippen molar-refractivity contribution in [1.82, 2.24) is 0 Å². The van der Waals surface area contributed by atoms with Gasteiger partial charge in [-0.25, -0.2) is 0 Å².